The van der Waals surface area contributed by atoms with Crippen molar-refractivity contribution in [2.75, 3.05) is 0 Å². The van der Waals surface area contributed by atoms with Crippen LogP contribution in [0.4, 0.5) is 0 Å². The SMILES string of the molecule is NC1CC2CCCC(C1)C2NC(=O)c1ccccc1-n1cccn1. The van der Waals surface area contributed by atoms with Crippen LogP contribution in [-0.2, 0) is 0 Å². The van der Waals surface area contributed by atoms with Gasteiger partial charge in [0.05, 0.1) is 11.3 Å². The van der Waals surface area contributed by atoms with Crippen LogP contribution in [0.1, 0.15) is 42.5 Å². The van der Waals surface area contributed by atoms with Crippen molar-refractivity contribution in [2.24, 2.45) is 17.6 Å². The summed E-state index contributed by atoms with van der Waals surface area (Å²) < 4.78 is 1.74. The van der Waals surface area contributed by atoms with E-state index in [9.17, 15) is 4.79 Å². The van der Waals surface area contributed by atoms with Crippen molar-refractivity contribution in [1.82, 2.24) is 15.1 Å². The summed E-state index contributed by atoms with van der Waals surface area (Å²) in [6.45, 7) is 0. The summed E-state index contributed by atoms with van der Waals surface area (Å²) in [6, 6.07) is 10.1. The zero-order valence-corrected chi connectivity index (χ0v) is 13.8. The lowest BCUT2D eigenvalue weighted by atomic mass is 9.67. The summed E-state index contributed by atoms with van der Waals surface area (Å²) in [5.74, 6) is 1.04. The zero-order valence-electron chi connectivity index (χ0n) is 13.8. The number of nitrogens with one attached hydrogen (secondary N) is 1. The van der Waals surface area contributed by atoms with Gasteiger partial charge in [0.15, 0.2) is 0 Å². The highest BCUT2D eigenvalue weighted by Crippen LogP contribution is 2.39. The largest absolute Gasteiger partial charge is 0.349 e. The van der Waals surface area contributed by atoms with Gasteiger partial charge in [-0.1, -0.05) is 18.6 Å². The normalized spacial score (nSPS) is 29.2. The van der Waals surface area contributed by atoms with Gasteiger partial charge >= 0.3 is 0 Å². The van der Waals surface area contributed by atoms with Gasteiger partial charge in [-0.05, 0) is 55.7 Å². The maximum absolute atomic E-state index is 13.0. The maximum Gasteiger partial charge on any atom is 0.253 e. The van der Waals surface area contributed by atoms with E-state index in [2.05, 4.69) is 10.4 Å². The monoisotopic (exact) mass is 324 g/mol. The Morgan fingerprint density at radius 3 is 2.62 bits per heavy atom. The van der Waals surface area contributed by atoms with E-state index >= 15 is 0 Å². The number of nitrogens with two attached hydrogens (primary N) is 1. The van der Waals surface area contributed by atoms with Crippen molar-refractivity contribution in [3.8, 4) is 5.69 Å². The van der Waals surface area contributed by atoms with Gasteiger partial charge in [0.2, 0.25) is 0 Å². The number of hydrogen-bond donors (Lipinski definition) is 2. The summed E-state index contributed by atoms with van der Waals surface area (Å²) in [6.07, 6.45) is 9.26. The number of amides is 1. The molecule has 1 amide bonds. The molecular weight excluding hydrogens is 300 g/mol. The van der Waals surface area contributed by atoms with Gasteiger partial charge in [0.25, 0.3) is 5.91 Å². The molecule has 5 nitrogen and oxygen atoms in total. The summed E-state index contributed by atoms with van der Waals surface area (Å²) in [5, 5.41) is 7.59. The van der Waals surface area contributed by atoms with Crippen molar-refractivity contribution >= 4 is 5.91 Å². The predicted octanol–water partition coefficient (Wildman–Crippen LogP) is 2.51. The molecule has 0 saturated heterocycles. The van der Waals surface area contributed by atoms with Crippen molar-refractivity contribution in [3.05, 3.63) is 48.3 Å². The summed E-state index contributed by atoms with van der Waals surface area (Å²) in [4.78, 5) is 13.0. The Bertz CT molecular complexity index is 698. The van der Waals surface area contributed by atoms with E-state index in [1.807, 2.05) is 36.5 Å². The first-order chi connectivity index (χ1) is 11.7. The molecule has 1 aromatic heterocycles. The lowest BCUT2D eigenvalue weighted by molar-refractivity contribution is 0.0756. The Hall–Kier alpha value is -2.14. The molecule has 0 radical (unpaired) electrons. The molecule has 5 heteroatoms. The predicted molar refractivity (Wildman–Crippen MR) is 92.9 cm³/mol. The molecule has 2 saturated carbocycles. The first-order valence-corrected chi connectivity index (χ1v) is 8.88. The summed E-state index contributed by atoms with van der Waals surface area (Å²) in [7, 11) is 0. The molecule has 2 unspecified atom stereocenters. The van der Waals surface area contributed by atoms with Gasteiger partial charge in [0, 0.05) is 24.5 Å². The molecule has 2 fully saturated rings. The highest BCUT2D eigenvalue weighted by molar-refractivity contribution is 5.98. The van der Waals surface area contributed by atoms with Crippen LogP contribution >= 0.6 is 0 Å². The maximum atomic E-state index is 13.0. The lowest BCUT2D eigenvalue weighted by Crippen LogP contribution is -2.53. The first-order valence-electron chi connectivity index (χ1n) is 8.88. The lowest BCUT2D eigenvalue weighted by Gasteiger charge is -2.45. The Balaban J connectivity index is 1.57. The molecular formula is C19H24N4O. The smallest absolute Gasteiger partial charge is 0.253 e. The molecule has 0 aliphatic heterocycles. The van der Waals surface area contributed by atoms with Crippen LogP contribution in [0.2, 0.25) is 0 Å². The Labute approximate surface area is 142 Å². The third kappa shape index (κ3) is 2.84. The Kier molecular flexibility index (Phi) is 4.10. The molecule has 2 aromatic rings. The molecule has 0 spiro atoms. The number of nitrogens with zero attached hydrogens (tertiary/aromatic N) is 2. The highest BCUT2D eigenvalue weighted by atomic mass is 16.1. The van der Waals surface area contributed by atoms with Gasteiger partial charge in [-0.15, -0.1) is 0 Å². The fourth-order valence-corrected chi connectivity index (χ4v) is 4.53. The second-order valence-electron chi connectivity index (χ2n) is 7.15. The second-order valence-corrected chi connectivity index (χ2v) is 7.15. The van der Waals surface area contributed by atoms with Gasteiger partial charge < -0.3 is 11.1 Å². The highest BCUT2D eigenvalue weighted by Gasteiger charge is 2.40. The molecule has 3 N–H and O–H groups in total. The standard InChI is InChI=1S/C19H24N4O/c20-15-11-13-5-3-6-14(12-15)18(13)22-19(24)16-7-1-2-8-17(16)23-10-4-9-21-23/h1-2,4,7-10,13-15,18H,3,5-6,11-12,20H2,(H,22,24). The third-order valence-electron chi connectivity index (χ3n) is 5.57. The fraction of sp³-hybridized carbons (Fsp3) is 0.474. The number of fused-ring (bicyclic) bond motifs is 2. The molecule has 2 aliphatic rings. The molecule has 4 rings (SSSR count). The van der Waals surface area contributed by atoms with Crippen molar-refractivity contribution in [2.45, 2.75) is 44.2 Å². The Morgan fingerprint density at radius 1 is 1.17 bits per heavy atom. The minimum Gasteiger partial charge on any atom is -0.349 e. The van der Waals surface area contributed by atoms with E-state index in [1.54, 1.807) is 10.9 Å². The van der Waals surface area contributed by atoms with Gasteiger partial charge in [0.1, 0.15) is 0 Å². The summed E-state index contributed by atoms with van der Waals surface area (Å²) in [5.41, 5.74) is 7.69. The molecule has 1 heterocycles. The third-order valence-corrected chi connectivity index (χ3v) is 5.57. The number of carbonyl (C=O) groups excluding carboxylic acids is 1. The van der Waals surface area contributed by atoms with Gasteiger partial charge in [-0.25, -0.2) is 4.68 Å². The van der Waals surface area contributed by atoms with E-state index in [0.717, 1.165) is 18.5 Å². The number of aromatic nitrogens is 2. The zero-order chi connectivity index (χ0) is 16.5. The molecule has 1 aromatic carbocycles. The minimum atomic E-state index is -0.00142. The van der Waals surface area contributed by atoms with Gasteiger partial charge in [-0.2, -0.15) is 5.10 Å². The van der Waals surface area contributed by atoms with E-state index in [1.165, 1.54) is 19.3 Å². The topological polar surface area (TPSA) is 72.9 Å². The molecule has 24 heavy (non-hydrogen) atoms. The quantitative estimate of drug-likeness (QED) is 0.911. The molecule has 2 atom stereocenters. The van der Waals surface area contributed by atoms with E-state index < -0.39 is 0 Å². The van der Waals surface area contributed by atoms with Crippen molar-refractivity contribution in [3.63, 3.8) is 0 Å². The van der Waals surface area contributed by atoms with Crippen LogP contribution in [0, 0.1) is 11.8 Å². The number of benzene rings is 1. The number of rotatable bonds is 3. The average molecular weight is 324 g/mol. The fourth-order valence-electron chi connectivity index (χ4n) is 4.53. The number of hydrogen-bond acceptors (Lipinski definition) is 3. The van der Waals surface area contributed by atoms with E-state index in [-0.39, 0.29) is 11.9 Å². The number of carbonyl (C=O) groups is 1. The Morgan fingerprint density at radius 2 is 1.92 bits per heavy atom. The van der Waals surface area contributed by atoms with Crippen molar-refractivity contribution in [1.29, 1.82) is 0 Å². The van der Waals surface area contributed by atoms with Crippen LogP contribution in [0.3, 0.4) is 0 Å². The number of para-hydroxylation sites is 1. The van der Waals surface area contributed by atoms with Gasteiger partial charge in [-0.3, -0.25) is 4.79 Å². The van der Waals surface area contributed by atoms with Crippen LogP contribution < -0.4 is 11.1 Å². The van der Waals surface area contributed by atoms with Crippen LogP contribution in [-0.4, -0.2) is 27.8 Å². The second kappa shape index (κ2) is 6.40. The van der Waals surface area contributed by atoms with Crippen LogP contribution in [0.15, 0.2) is 42.7 Å². The van der Waals surface area contributed by atoms with Crippen molar-refractivity contribution < 1.29 is 4.79 Å². The van der Waals surface area contributed by atoms with E-state index in [0.29, 0.717) is 23.4 Å². The van der Waals surface area contributed by atoms with Crippen LogP contribution in [0.25, 0.3) is 5.69 Å². The van der Waals surface area contributed by atoms with Crippen LogP contribution in [0.5, 0.6) is 0 Å². The first kappa shape index (κ1) is 15.4. The van der Waals surface area contributed by atoms with E-state index in [4.69, 9.17) is 5.73 Å². The molecule has 126 valence electrons. The molecule has 2 aliphatic carbocycles. The minimum absolute atomic E-state index is 0.00142. The molecule has 2 bridgehead atoms. The average Bonchev–Trinajstić information content (AvgIpc) is 3.10. The summed E-state index contributed by atoms with van der Waals surface area (Å²) >= 11 is 0.